The topological polar surface area (TPSA) is 99.3 Å². The maximum atomic E-state index is 12.3. The average Bonchev–Trinajstić information content (AvgIpc) is 2.57. The third kappa shape index (κ3) is 4.20. The second-order valence-electron chi connectivity index (χ2n) is 5.09. The zero-order valence-corrected chi connectivity index (χ0v) is 13.0. The van der Waals surface area contributed by atoms with Crippen LogP contribution in [0.1, 0.15) is 19.3 Å². The summed E-state index contributed by atoms with van der Waals surface area (Å²) in [6.07, 6.45) is 4.17. The van der Waals surface area contributed by atoms with Gasteiger partial charge in [0.1, 0.15) is 11.6 Å². The summed E-state index contributed by atoms with van der Waals surface area (Å²) in [5.74, 6) is -0.346. The fourth-order valence-electron chi connectivity index (χ4n) is 2.30. The van der Waals surface area contributed by atoms with E-state index in [-0.39, 0.29) is 27.9 Å². The van der Waals surface area contributed by atoms with Crippen LogP contribution in [0.5, 0.6) is 0 Å². The fraction of sp³-hybridized carbons (Fsp3) is 0.333. The minimum atomic E-state index is -0.546. The molecule has 7 nitrogen and oxygen atoms in total. The van der Waals surface area contributed by atoms with Crippen molar-refractivity contribution < 1.29 is 9.72 Å². The highest BCUT2D eigenvalue weighted by molar-refractivity contribution is 6.33. The molecule has 1 saturated heterocycles. The molecule has 0 atom stereocenters. The van der Waals surface area contributed by atoms with Gasteiger partial charge in [0.05, 0.1) is 15.6 Å². The van der Waals surface area contributed by atoms with Crippen molar-refractivity contribution in [2.75, 3.05) is 18.4 Å². The quantitative estimate of drug-likeness (QED) is 0.395. The number of likely N-dealkylation sites (tertiary alicyclic amines) is 1. The molecule has 23 heavy (non-hydrogen) atoms. The van der Waals surface area contributed by atoms with Crippen LogP contribution in [-0.2, 0) is 4.79 Å². The highest BCUT2D eigenvalue weighted by atomic mass is 35.5. The number of amides is 1. The summed E-state index contributed by atoms with van der Waals surface area (Å²) >= 11 is 5.96. The first-order valence-corrected chi connectivity index (χ1v) is 7.50. The number of carbonyl (C=O) groups is 1. The van der Waals surface area contributed by atoms with Crippen LogP contribution in [0.3, 0.4) is 0 Å². The predicted octanol–water partition coefficient (Wildman–Crippen LogP) is 3.08. The van der Waals surface area contributed by atoms with Gasteiger partial charge in [-0.3, -0.25) is 14.9 Å². The zero-order valence-electron chi connectivity index (χ0n) is 12.3. The van der Waals surface area contributed by atoms with Crippen molar-refractivity contribution in [3.8, 4) is 6.07 Å². The maximum absolute atomic E-state index is 12.3. The summed E-state index contributed by atoms with van der Waals surface area (Å²) in [6.45, 7) is 1.27. The van der Waals surface area contributed by atoms with Crippen molar-refractivity contribution in [2.24, 2.45) is 0 Å². The number of anilines is 1. The van der Waals surface area contributed by atoms with Crippen molar-refractivity contribution in [3.05, 3.63) is 45.1 Å². The van der Waals surface area contributed by atoms with Crippen molar-refractivity contribution in [1.82, 2.24) is 4.90 Å². The van der Waals surface area contributed by atoms with E-state index in [1.165, 1.54) is 24.4 Å². The molecular weight excluding hydrogens is 320 g/mol. The van der Waals surface area contributed by atoms with E-state index in [1.54, 1.807) is 4.90 Å². The number of carbonyl (C=O) groups excluding carboxylic acids is 1. The van der Waals surface area contributed by atoms with Crippen LogP contribution >= 0.6 is 11.6 Å². The van der Waals surface area contributed by atoms with Crippen LogP contribution in [0.4, 0.5) is 11.4 Å². The predicted molar refractivity (Wildman–Crippen MR) is 85.9 cm³/mol. The summed E-state index contributed by atoms with van der Waals surface area (Å²) in [6, 6.07) is 5.77. The normalized spacial score (nSPS) is 15.0. The van der Waals surface area contributed by atoms with Gasteiger partial charge in [-0.15, -0.1) is 0 Å². The molecule has 1 heterocycles. The van der Waals surface area contributed by atoms with Gasteiger partial charge in [-0.05, 0) is 25.3 Å². The number of nitrogens with zero attached hydrogens (tertiary/aromatic N) is 3. The lowest BCUT2D eigenvalue weighted by Crippen LogP contribution is -2.36. The van der Waals surface area contributed by atoms with Gasteiger partial charge in [0, 0.05) is 31.4 Å². The van der Waals surface area contributed by atoms with E-state index in [0.29, 0.717) is 13.1 Å². The molecule has 1 N–H and O–H groups in total. The number of nitro benzene ring substituents is 1. The number of nitro groups is 1. The molecule has 2 rings (SSSR count). The van der Waals surface area contributed by atoms with Gasteiger partial charge in [-0.2, -0.15) is 5.26 Å². The Morgan fingerprint density at radius 3 is 2.70 bits per heavy atom. The Labute approximate surface area is 138 Å². The van der Waals surface area contributed by atoms with E-state index in [0.717, 1.165) is 19.3 Å². The van der Waals surface area contributed by atoms with Crippen molar-refractivity contribution >= 4 is 28.9 Å². The van der Waals surface area contributed by atoms with Gasteiger partial charge in [-0.1, -0.05) is 11.6 Å². The van der Waals surface area contributed by atoms with Crippen LogP contribution in [-0.4, -0.2) is 28.8 Å². The monoisotopic (exact) mass is 334 g/mol. The lowest BCUT2D eigenvalue weighted by molar-refractivity contribution is -0.384. The lowest BCUT2D eigenvalue weighted by atomic mass is 10.1. The van der Waals surface area contributed by atoms with E-state index in [2.05, 4.69) is 5.32 Å². The van der Waals surface area contributed by atoms with E-state index in [9.17, 15) is 20.2 Å². The molecule has 1 fully saturated rings. The molecule has 1 amide bonds. The number of rotatable bonds is 4. The molecule has 0 saturated carbocycles. The number of hydrogen-bond donors (Lipinski definition) is 1. The van der Waals surface area contributed by atoms with Crippen LogP contribution in [0.25, 0.3) is 0 Å². The Balaban J connectivity index is 2.16. The van der Waals surface area contributed by atoms with E-state index in [4.69, 9.17) is 11.6 Å². The van der Waals surface area contributed by atoms with Gasteiger partial charge in [0.15, 0.2) is 0 Å². The third-order valence-electron chi connectivity index (χ3n) is 3.53. The summed E-state index contributed by atoms with van der Waals surface area (Å²) in [5.41, 5.74) is 0.0701. The Bertz CT molecular complexity index is 690. The second kappa shape index (κ2) is 7.61. The number of benzene rings is 1. The number of piperidine rings is 1. The standard InChI is InChI=1S/C15H15ClN4O3/c16-13-5-4-12(20(22)23)8-14(13)18-10-11(9-17)15(21)19-6-2-1-3-7-19/h4-5,8,10,18H,1-3,6-7H2/b11-10-. The van der Waals surface area contributed by atoms with Crippen LogP contribution in [0.2, 0.25) is 5.02 Å². The molecule has 1 aromatic rings. The number of hydrogen-bond acceptors (Lipinski definition) is 5. The number of nitrogens with one attached hydrogen (secondary N) is 1. The molecule has 0 aliphatic carbocycles. The highest BCUT2D eigenvalue weighted by Crippen LogP contribution is 2.27. The number of non-ortho nitro benzene ring substituents is 1. The van der Waals surface area contributed by atoms with E-state index in [1.807, 2.05) is 6.07 Å². The molecule has 120 valence electrons. The van der Waals surface area contributed by atoms with Gasteiger partial charge in [-0.25, -0.2) is 0 Å². The summed E-state index contributed by atoms with van der Waals surface area (Å²) in [7, 11) is 0. The third-order valence-corrected chi connectivity index (χ3v) is 3.86. The maximum Gasteiger partial charge on any atom is 0.271 e. The van der Waals surface area contributed by atoms with Gasteiger partial charge < -0.3 is 10.2 Å². The van der Waals surface area contributed by atoms with Gasteiger partial charge in [0.25, 0.3) is 11.6 Å². The van der Waals surface area contributed by atoms with Gasteiger partial charge in [0.2, 0.25) is 0 Å². The van der Waals surface area contributed by atoms with Gasteiger partial charge >= 0.3 is 0 Å². The Morgan fingerprint density at radius 1 is 1.39 bits per heavy atom. The lowest BCUT2D eigenvalue weighted by Gasteiger charge is -2.26. The summed E-state index contributed by atoms with van der Waals surface area (Å²) in [5, 5.41) is 22.9. The average molecular weight is 335 g/mol. The molecule has 0 radical (unpaired) electrons. The van der Waals surface area contributed by atoms with Crippen LogP contribution < -0.4 is 5.32 Å². The molecule has 1 aromatic carbocycles. The minimum Gasteiger partial charge on any atom is -0.359 e. The molecule has 0 spiro atoms. The number of halogens is 1. The molecule has 0 bridgehead atoms. The van der Waals surface area contributed by atoms with Crippen LogP contribution in [0.15, 0.2) is 30.0 Å². The molecule has 0 aromatic heterocycles. The second-order valence-corrected chi connectivity index (χ2v) is 5.50. The van der Waals surface area contributed by atoms with Crippen LogP contribution in [0, 0.1) is 21.4 Å². The van der Waals surface area contributed by atoms with E-state index >= 15 is 0 Å². The Morgan fingerprint density at radius 2 is 2.09 bits per heavy atom. The Kier molecular flexibility index (Phi) is 5.55. The van der Waals surface area contributed by atoms with Crippen molar-refractivity contribution in [2.45, 2.75) is 19.3 Å². The summed E-state index contributed by atoms with van der Waals surface area (Å²) in [4.78, 5) is 24.1. The van der Waals surface area contributed by atoms with E-state index < -0.39 is 4.92 Å². The summed E-state index contributed by atoms with van der Waals surface area (Å²) < 4.78 is 0. The first kappa shape index (κ1) is 16.8. The Hall–Kier alpha value is -2.59. The molecule has 0 unspecified atom stereocenters. The first-order valence-electron chi connectivity index (χ1n) is 7.13. The zero-order chi connectivity index (χ0) is 16.8. The minimum absolute atomic E-state index is 0.0607. The molecule has 8 heteroatoms. The first-order chi connectivity index (χ1) is 11.0. The number of nitriles is 1. The molecular formula is C15H15ClN4O3. The fourth-order valence-corrected chi connectivity index (χ4v) is 2.47. The van der Waals surface area contributed by atoms with Crippen molar-refractivity contribution in [3.63, 3.8) is 0 Å². The largest absolute Gasteiger partial charge is 0.359 e. The molecule has 1 aliphatic rings. The smallest absolute Gasteiger partial charge is 0.271 e. The highest BCUT2D eigenvalue weighted by Gasteiger charge is 2.20. The van der Waals surface area contributed by atoms with Crippen molar-refractivity contribution in [1.29, 1.82) is 5.26 Å². The molecule has 1 aliphatic heterocycles. The SMILES string of the molecule is N#C/C(=C/Nc1cc([N+](=O)[O-])ccc1Cl)C(=O)N1CCCCC1.